The van der Waals surface area contributed by atoms with Crippen molar-refractivity contribution in [3.05, 3.63) is 41.7 Å². The predicted octanol–water partition coefficient (Wildman–Crippen LogP) is 1.58. The summed E-state index contributed by atoms with van der Waals surface area (Å²) in [4.78, 5) is 15.1. The quantitative estimate of drug-likeness (QED) is 0.743. The van der Waals surface area contributed by atoms with Crippen molar-refractivity contribution in [3.63, 3.8) is 0 Å². The number of nitrogens with zero attached hydrogens (tertiary/aromatic N) is 3. The first-order valence-electron chi connectivity index (χ1n) is 4.92. The fraction of sp³-hybridized carbons (Fsp3) is 0. The van der Waals surface area contributed by atoms with Gasteiger partial charge in [-0.1, -0.05) is 0 Å². The molecule has 0 fully saturated rings. The fourth-order valence-corrected chi connectivity index (χ4v) is 2.27. The highest BCUT2D eigenvalue weighted by Crippen LogP contribution is 2.21. The van der Waals surface area contributed by atoms with Crippen molar-refractivity contribution in [1.82, 2.24) is 14.8 Å². The lowest BCUT2D eigenvalue weighted by Gasteiger charge is -1.99. The van der Waals surface area contributed by atoms with Crippen LogP contribution in [0.5, 0.6) is 0 Å². The molecule has 0 atom stereocenters. The van der Waals surface area contributed by atoms with Gasteiger partial charge in [-0.3, -0.25) is 9.78 Å². The predicted molar refractivity (Wildman–Crippen MR) is 65.3 cm³/mol. The minimum absolute atomic E-state index is 0.433. The van der Waals surface area contributed by atoms with E-state index in [-0.39, 0.29) is 0 Å². The Morgan fingerprint density at radius 1 is 1.35 bits per heavy atom. The van der Waals surface area contributed by atoms with E-state index < -0.39 is 5.91 Å². The average Bonchev–Trinajstić information content (AvgIpc) is 2.96. The first-order chi connectivity index (χ1) is 8.25. The van der Waals surface area contributed by atoms with E-state index in [9.17, 15) is 4.79 Å². The molecule has 0 aliphatic heterocycles. The highest BCUT2D eigenvalue weighted by Gasteiger charge is 2.08. The van der Waals surface area contributed by atoms with Gasteiger partial charge in [0.25, 0.3) is 0 Å². The van der Waals surface area contributed by atoms with Gasteiger partial charge in [-0.15, -0.1) is 11.3 Å². The van der Waals surface area contributed by atoms with E-state index >= 15 is 0 Å². The monoisotopic (exact) mass is 244 g/mol. The van der Waals surface area contributed by atoms with Crippen LogP contribution in [-0.2, 0) is 0 Å². The van der Waals surface area contributed by atoms with E-state index in [1.54, 1.807) is 34.7 Å². The lowest BCUT2D eigenvalue weighted by atomic mass is 10.1. The van der Waals surface area contributed by atoms with Crippen molar-refractivity contribution in [2.75, 3.05) is 0 Å². The Balaban J connectivity index is 2.21. The molecule has 0 aliphatic rings. The maximum atomic E-state index is 11.1. The summed E-state index contributed by atoms with van der Waals surface area (Å²) in [6.07, 6.45) is 3.46. The number of carbonyl (C=O) groups excluding carboxylic acids is 1. The van der Waals surface area contributed by atoms with Crippen molar-refractivity contribution < 1.29 is 4.79 Å². The van der Waals surface area contributed by atoms with Crippen LogP contribution in [0.15, 0.2) is 36.1 Å². The van der Waals surface area contributed by atoms with E-state index in [4.69, 9.17) is 5.73 Å². The maximum Gasteiger partial charge on any atom is 0.248 e. The largest absolute Gasteiger partial charge is 0.366 e. The van der Waals surface area contributed by atoms with Crippen LogP contribution in [0, 0.1) is 0 Å². The molecule has 2 N–H and O–H groups in total. The second-order valence-electron chi connectivity index (χ2n) is 3.53. The van der Waals surface area contributed by atoms with Gasteiger partial charge in [-0.2, -0.15) is 5.10 Å². The Hall–Kier alpha value is -2.21. The third-order valence-corrected chi connectivity index (χ3v) is 3.23. The van der Waals surface area contributed by atoms with Crippen LogP contribution < -0.4 is 5.73 Å². The summed E-state index contributed by atoms with van der Waals surface area (Å²) >= 11 is 1.50. The highest BCUT2D eigenvalue weighted by molar-refractivity contribution is 7.12. The van der Waals surface area contributed by atoms with Crippen LogP contribution in [0.1, 0.15) is 10.4 Å². The van der Waals surface area contributed by atoms with Crippen molar-refractivity contribution in [3.8, 4) is 5.00 Å². The molecule has 2 heterocycles. The van der Waals surface area contributed by atoms with Gasteiger partial charge in [0.2, 0.25) is 5.91 Å². The van der Waals surface area contributed by atoms with Crippen LogP contribution in [0.2, 0.25) is 0 Å². The second-order valence-corrected chi connectivity index (χ2v) is 4.40. The standard InChI is InChI=1S/C11H8N4OS/c12-11(16)7-1-2-9-8(3-7)4-14-15(9)10-5-13-6-17-10/h1-6H,(H2,12,16). The summed E-state index contributed by atoms with van der Waals surface area (Å²) in [5.74, 6) is -0.433. The number of hydrogen-bond donors (Lipinski definition) is 1. The van der Waals surface area contributed by atoms with Gasteiger partial charge >= 0.3 is 0 Å². The van der Waals surface area contributed by atoms with Crippen molar-refractivity contribution in [2.45, 2.75) is 0 Å². The molecule has 3 aromatic rings. The number of primary amides is 1. The Labute approximate surface area is 101 Å². The molecule has 0 saturated carbocycles. The van der Waals surface area contributed by atoms with Crippen molar-refractivity contribution in [1.29, 1.82) is 0 Å². The number of carbonyl (C=O) groups is 1. The van der Waals surface area contributed by atoms with Gasteiger partial charge in [-0.25, -0.2) is 4.68 Å². The first kappa shape index (κ1) is 9.98. The van der Waals surface area contributed by atoms with Crippen LogP contribution in [0.3, 0.4) is 0 Å². The molecule has 0 unspecified atom stereocenters. The summed E-state index contributed by atoms with van der Waals surface area (Å²) in [7, 11) is 0. The number of hydrogen-bond acceptors (Lipinski definition) is 4. The molecule has 0 aliphatic carbocycles. The zero-order chi connectivity index (χ0) is 11.8. The third kappa shape index (κ3) is 1.58. The molecule has 0 bridgehead atoms. The summed E-state index contributed by atoms with van der Waals surface area (Å²) in [5, 5.41) is 6.09. The molecular formula is C11H8N4OS. The average molecular weight is 244 g/mol. The smallest absolute Gasteiger partial charge is 0.248 e. The van der Waals surface area contributed by atoms with Crippen LogP contribution in [0.4, 0.5) is 0 Å². The Morgan fingerprint density at radius 3 is 2.94 bits per heavy atom. The Kier molecular flexibility index (Phi) is 2.15. The van der Waals surface area contributed by atoms with Gasteiger partial charge in [0, 0.05) is 10.9 Å². The van der Waals surface area contributed by atoms with E-state index in [0.29, 0.717) is 5.56 Å². The zero-order valence-corrected chi connectivity index (χ0v) is 9.52. The minimum atomic E-state index is -0.433. The molecule has 3 rings (SSSR count). The fourth-order valence-electron chi connectivity index (χ4n) is 1.68. The highest BCUT2D eigenvalue weighted by atomic mass is 32.1. The molecule has 5 nitrogen and oxygen atoms in total. The van der Waals surface area contributed by atoms with E-state index in [1.165, 1.54) is 11.3 Å². The number of fused-ring (bicyclic) bond motifs is 1. The van der Waals surface area contributed by atoms with Crippen LogP contribution >= 0.6 is 11.3 Å². The van der Waals surface area contributed by atoms with Gasteiger partial charge in [0.05, 0.1) is 23.4 Å². The molecule has 84 valence electrons. The molecule has 0 saturated heterocycles. The molecule has 17 heavy (non-hydrogen) atoms. The van der Waals surface area contributed by atoms with Gasteiger partial charge in [0.15, 0.2) is 0 Å². The number of thiazole rings is 1. The van der Waals surface area contributed by atoms with Crippen molar-refractivity contribution in [2.24, 2.45) is 5.73 Å². The number of aromatic nitrogens is 3. The zero-order valence-electron chi connectivity index (χ0n) is 8.70. The molecule has 0 radical (unpaired) electrons. The van der Waals surface area contributed by atoms with Crippen molar-refractivity contribution >= 4 is 28.1 Å². The SMILES string of the molecule is NC(=O)c1ccc2c(cnn2-c2cncs2)c1. The third-order valence-electron chi connectivity index (χ3n) is 2.48. The number of nitrogens with two attached hydrogens (primary N) is 1. The lowest BCUT2D eigenvalue weighted by Crippen LogP contribution is -2.10. The summed E-state index contributed by atoms with van der Waals surface area (Å²) in [6.45, 7) is 0. The maximum absolute atomic E-state index is 11.1. The first-order valence-corrected chi connectivity index (χ1v) is 5.80. The molecule has 0 spiro atoms. The lowest BCUT2D eigenvalue weighted by molar-refractivity contribution is 0.100. The van der Waals surface area contributed by atoms with Gasteiger partial charge < -0.3 is 5.73 Å². The van der Waals surface area contributed by atoms with E-state index in [2.05, 4.69) is 10.1 Å². The number of rotatable bonds is 2. The second kappa shape index (κ2) is 3.67. The normalized spacial score (nSPS) is 10.8. The summed E-state index contributed by atoms with van der Waals surface area (Å²) in [5.41, 5.74) is 8.40. The topological polar surface area (TPSA) is 73.8 Å². The summed E-state index contributed by atoms with van der Waals surface area (Å²) in [6, 6.07) is 5.27. The Bertz CT molecular complexity index is 687. The van der Waals surface area contributed by atoms with Gasteiger partial charge in [-0.05, 0) is 18.2 Å². The number of amides is 1. The summed E-state index contributed by atoms with van der Waals surface area (Å²) < 4.78 is 1.79. The molecule has 2 aromatic heterocycles. The van der Waals surface area contributed by atoms with E-state index in [0.717, 1.165) is 15.9 Å². The van der Waals surface area contributed by atoms with Crippen LogP contribution in [0.25, 0.3) is 15.9 Å². The molecular weight excluding hydrogens is 236 g/mol. The minimum Gasteiger partial charge on any atom is -0.366 e. The van der Waals surface area contributed by atoms with Gasteiger partial charge in [0.1, 0.15) is 5.00 Å². The molecule has 1 amide bonds. The molecule has 1 aromatic carbocycles. The van der Waals surface area contributed by atoms with E-state index in [1.807, 2.05) is 6.07 Å². The Morgan fingerprint density at radius 2 is 2.24 bits per heavy atom. The number of benzene rings is 1. The molecule has 6 heteroatoms. The van der Waals surface area contributed by atoms with Crippen LogP contribution in [-0.4, -0.2) is 20.7 Å².